The van der Waals surface area contributed by atoms with Crippen molar-refractivity contribution >= 4 is 33.3 Å². The molecule has 1 spiro atoms. The Morgan fingerprint density at radius 1 is 1.21 bits per heavy atom. The van der Waals surface area contributed by atoms with Crippen molar-refractivity contribution in [3.05, 3.63) is 70.3 Å². The quantitative estimate of drug-likeness (QED) is 0.257. The number of nitrogens with two attached hydrogens (primary N) is 1. The Bertz CT molecular complexity index is 1610. The molecule has 10 nitrogen and oxygen atoms in total. The molecule has 7 atom stereocenters. The van der Waals surface area contributed by atoms with Gasteiger partial charge in [-0.2, -0.15) is 0 Å². The van der Waals surface area contributed by atoms with Gasteiger partial charge in [0, 0.05) is 37.2 Å². The molecule has 2 aromatic carbocycles. The van der Waals surface area contributed by atoms with Crippen molar-refractivity contribution < 1.29 is 37.6 Å². The number of primary sulfonamides is 1. The second-order valence-electron chi connectivity index (χ2n) is 14.0. The Labute approximate surface area is 288 Å². The van der Waals surface area contributed by atoms with E-state index in [0.29, 0.717) is 43.5 Å². The fraction of sp³-hybridized carbons (Fsp3) is 0.583. The van der Waals surface area contributed by atoms with Crippen molar-refractivity contribution in [1.29, 1.82) is 0 Å². The Morgan fingerprint density at radius 2 is 2.04 bits per heavy atom. The van der Waals surface area contributed by atoms with Crippen molar-refractivity contribution in [2.75, 3.05) is 38.3 Å². The fourth-order valence-corrected chi connectivity index (χ4v) is 9.61. The summed E-state index contributed by atoms with van der Waals surface area (Å²) in [5.74, 6) is -0.185. The molecule has 2 aliphatic heterocycles. The molecule has 0 unspecified atom stereocenters. The molecule has 12 heteroatoms. The molecule has 2 fully saturated rings. The molecule has 0 aromatic heterocycles. The lowest BCUT2D eigenvalue weighted by Gasteiger charge is -2.45. The number of benzene rings is 2. The largest absolute Gasteiger partial charge is 0.490 e. The van der Waals surface area contributed by atoms with E-state index < -0.39 is 33.5 Å². The van der Waals surface area contributed by atoms with Gasteiger partial charge in [0.05, 0.1) is 36.2 Å². The van der Waals surface area contributed by atoms with Gasteiger partial charge in [0.15, 0.2) is 0 Å². The maximum Gasteiger partial charge on any atom is 0.335 e. The van der Waals surface area contributed by atoms with Crippen molar-refractivity contribution in [3.63, 3.8) is 0 Å². The number of carboxylic acids is 1. The number of rotatable bonds is 12. The van der Waals surface area contributed by atoms with Crippen LogP contribution in [-0.2, 0) is 31.3 Å². The summed E-state index contributed by atoms with van der Waals surface area (Å²) in [6.45, 7) is 2.38. The van der Waals surface area contributed by atoms with Crippen LogP contribution in [0.3, 0.4) is 0 Å². The van der Waals surface area contributed by atoms with Crippen LogP contribution in [-0.4, -0.2) is 81.6 Å². The average Bonchev–Trinajstić information content (AvgIpc) is 3.50. The number of sulfonamides is 1. The first-order chi connectivity index (χ1) is 23.0. The molecule has 0 radical (unpaired) electrons. The van der Waals surface area contributed by atoms with Gasteiger partial charge < -0.3 is 29.3 Å². The van der Waals surface area contributed by atoms with Crippen molar-refractivity contribution in [3.8, 4) is 5.75 Å². The Kier molecular flexibility index (Phi) is 10.7. The summed E-state index contributed by atoms with van der Waals surface area (Å²) < 4.78 is 42.7. The van der Waals surface area contributed by atoms with E-state index in [-0.39, 0.29) is 35.3 Å². The Morgan fingerprint density at radius 3 is 2.73 bits per heavy atom. The summed E-state index contributed by atoms with van der Waals surface area (Å²) >= 11 is 6.39. The van der Waals surface area contributed by atoms with Crippen molar-refractivity contribution in [2.24, 2.45) is 17.0 Å². The Balaban J connectivity index is 1.19. The number of hydrogen-bond donors (Lipinski definition) is 3. The molecule has 2 heterocycles. The molecular weight excluding hydrogens is 656 g/mol. The van der Waals surface area contributed by atoms with Crippen LogP contribution in [0.2, 0.25) is 5.02 Å². The van der Waals surface area contributed by atoms with E-state index in [2.05, 4.69) is 17.0 Å². The molecule has 4 N–H and O–H groups in total. The lowest BCUT2D eigenvalue weighted by Crippen LogP contribution is -2.49. The van der Waals surface area contributed by atoms with Gasteiger partial charge in [0.1, 0.15) is 11.0 Å². The van der Waals surface area contributed by atoms with Crippen LogP contribution in [0.5, 0.6) is 5.75 Å². The number of aliphatic hydroxyl groups is 1. The van der Waals surface area contributed by atoms with E-state index in [1.807, 2.05) is 6.07 Å². The van der Waals surface area contributed by atoms with Crippen LogP contribution in [0.1, 0.15) is 72.9 Å². The highest BCUT2D eigenvalue weighted by atomic mass is 35.5. The van der Waals surface area contributed by atoms with Crippen LogP contribution in [0.25, 0.3) is 0 Å². The zero-order chi connectivity index (χ0) is 34.1. The van der Waals surface area contributed by atoms with E-state index in [1.165, 1.54) is 18.2 Å². The van der Waals surface area contributed by atoms with Gasteiger partial charge in [-0.25, -0.2) is 18.4 Å². The molecule has 4 aliphatic rings. The third-order valence-corrected chi connectivity index (χ3v) is 12.6. The van der Waals surface area contributed by atoms with E-state index in [0.717, 1.165) is 50.6 Å². The molecule has 0 bridgehead atoms. The third-order valence-electron chi connectivity index (χ3n) is 11.0. The monoisotopic (exact) mass is 702 g/mol. The number of halogens is 1. The van der Waals surface area contributed by atoms with Gasteiger partial charge in [0.25, 0.3) is 0 Å². The normalized spacial score (nSPS) is 27.4. The highest BCUT2D eigenvalue weighted by Gasteiger charge is 2.44. The molecule has 1 saturated heterocycles. The summed E-state index contributed by atoms with van der Waals surface area (Å²) in [7, 11) is -2.40. The average molecular weight is 703 g/mol. The van der Waals surface area contributed by atoms with Crippen molar-refractivity contribution in [1.82, 2.24) is 0 Å². The van der Waals surface area contributed by atoms with Gasteiger partial charge in [-0.1, -0.05) is 29.8 Å². The minimum absolute atomic E-state index is 0.00755. The molecule has 6 rings (SSSR count). The summed E-state index contributed by atoms with van der Waals surface area (Å²) in [6, 6.07) is 11.1. The predicted octanol–water partition coefficient (Wildman–Crippen LogP) is 5.09. The summed E-state index contributed by atoms with van der Waals surface area (Å²) in [4.78, 5) is 14.3. The first kappa shape index (κ1) is 35.2. The molecule has 48 heavy (non-hydrogen) atoms. The number of aromatic carboxylic acids is 1. The lowest BCUT2D eigenvalue weighted by molar-refractivity contribution is 0.0447. The van der Waals surface area contributed by atoms with Gasteiger partial charge in [-0.05, 0) is 111 Å². The van der Waals surface area contributed by atoms with Crippen LogP contribution >= 0.6 is 11.6 Å². The smallest absolute Gasteiger partial charge is 0.335 e. The van der Waals surface area contributed by atoms with Gasteiger partial charge in [-0.15, -0.1) is 0 Å². The molecule has 1 saturated carbocycles. The Hall–Kier alpha value is -2.67. The van der Waals surface area contributed by atoms with Gasteiger partial charge in [0.2, 0.25) is 10.0 Å². The SMILES string of the molecule is CO[C@@H](C/C=C/[C@H](O)[C@@H]1CC[C@H]1CN1C[C@@]2(CCCc3cc(Cl)ccc32)COc2ccc(C(=O)O)cc21)[C@H](C[C@@H]1CCCO1)S(N)(=O)=O. The number of fused-ring (bicyclic) bond motifs is 3. The van der Waals surface area contributed by atoms with Crippen LogP contribution in [0, 0.1) is 11.8 Å². The lowest BCUT2D eigenvalue weighted by atomic mass is 9.68. The molecule has 2 aliphatic carbocycles. The number of methoxy groups -OCH3 is 1. The van der Waals surface area contributed by atoms with Crippen LogP contribution < -0.4 is 14.8 Å². The summed E-state index contributed by atoms with van der Waals surface area (Å²) in [5, 5.41) is 26.6. The number of aryl methyl sites for hydroxylation is 1. The van der Waals surface area contributed by atoms with E-state index in [9.17, 15) is 23.4 Å². The predicted molar refractivity (Wildman–Crippen MR) is 184 cm³/mol. The van der Waals surface area contributed by atoms with Crippen molar-refractivity contribution in [2.45, 2.75) is 86.8 Å². The second-order valence-corrected chi connectivity index (χ2v) is 16.2. The highest BCUT2D eigenvalue weighted by molar-refractivity contribution is 7.89. The van der Waals surface area contributed by atoms with E-state index in [1.54, 1.807) is 30.4 Å². The summed E-state index contributed by atoms with van der Waals surface area (Å²) in [6.07, 6.45) is 8.93. The number of anilines is 1. The number of ether oxygens (including phenoxy) is 3. The molecule has 2 aromatic rings. The third kappa shape index (κ3) is 7.56. The summed E-state index contributed by atoms with van der Waals surface area (Å²) in [5.41, 5.74) is 3.12. The van der Waals surface area contributed by atoms with Gasteiger partial charge >= 0.3 is 5.97 Å². The molecule has 0 amide bonds. The second kappa shape index (κ2) is 14.7. The zero-order valence-electron chi connectivity index (χ0n) is 27.4. The molecular formula is C36H47ClN2O8S. The van der Waals surface area contributed by atoms with E-state index >= 15 is 0 Å². The first-order valence-corrected chi connectivity index (χ1v) is 19.0. The number of aliphatic hydroxyl groups excluding tert-OH is 1. The van der Waals surface area contributed by atoms with Gasteiger partial charge in [-0.3, -0.25) is 0 Å². The maximum absolute atomic E-state index is 12.5. The van der Waals surface area contributed by atoms with E-state index in [4.69, 9.17) is 31.0 Å². The molecule has 262 valence electrons. The number of hydrogen-bond acceptors (Lipinski definition) is 8. The fourth-order valence-electron chi connectivity index (χ4n) is 8.28. The number of nitrogens with zero attached hydrogens (tertiary/aromatic N) is 1. The first-order valence-electron chi connectivity index (χ1n) is 17.0. The minimum Gasteiger partial charge on any atom is -0.490 e. The topological polar surface area (TPSA) is 149 Å². The zero-order valence-corrected chi connectivity index (χ0v) is 29.0. The van der Waals surface area contributed by atoms with Crippen LogP contribution in [0.4, 0.5) is 5.69 Å². The maximum atomic E-state index is 12.5. The van der Waals surface area contributed by atoms with Crippen LogP contribution in [0.15, 0.2) is 48.6 Å². The highest BCUT2D eigenvalue weighted by Crippen LogP contribution is 2.46. The number of carbonyl (C=O) groups is 1. The minimum atomic E-state index is -3.88. The standard InChI is InChI=1S/C36H47ClN2O8S/c1-45-33(34(48(38,43)44)19-27-6-4-16-46-27)8-2-7-31(40)28-12-9-25(28)20-39-21-36(15-3-5-23-17-26(37)11-13-29(23)36)22-47-32-14-10-24(35(41)42)18-30(32)39/h2,7,10-11,13-14,17-18,25,27-28,31,33-34,40H,3-6,8-9,12,15-16,19-22H2,1H3,(H,41,42)(H2,38,43,44)/b7-2+/t25-,27-,28+,31-,33-,34-,36-/m0/s1. The number of carboxylic acid groups (broad SMARTS) is 1.